The van der Waals surface area contributed by atoms with E-state index in [9.17, 15) is 0 Å². The second-order valence-electron chi connectivity index (χ2n) is 4.43. The lowest BCUT2D eigenvalue weighted by molar-refractivity contribution is 0.778. The molecule has 3 aromatic rings. The molecule has 0 radical (unpaired) electrons. The van der Waals surface area contributed by atoms with E-state index >= 15 is 0 Å². The van der Waals surface area contributed by atoms with Crippen LogP contribution in [0.4, 0.5) is 5.69 Å². The van der Waals surface area contributed by atoms with Gasteiger partial charge in [0.25, 0.3) is 0 Å². The lowest BCUT2D eigenvalue weighted by Gasteiger charge is -2.03. The minimum absolute atomic E-state index is 0.756. The van der Waals surface area contributed by atoms with Crippen molar-refractivity contribution < 1.29 is 0 Å². The van der Waals surface area contributed by atoms with Crippen molar-refractivity contribution in [3.05, 3.63) is 41.3 Å². The summed E-state index contributed by atoms with van der Waals surface area (Å²) in [5, 5.41) is 6.48. The molecule has 0 fully saturated rings. The second-order valence-corrected chi connectivity index (χ2v) is 5.38. The van der Waals surface area contributed by atoms with Crippen LogP contribution in [0.2, 0.25) is 0 Å². The van der Waals surface area contributed by atoms with Gasteiger partial charge in [-0.25, -0.2) is 9.67 Å². The normalized spacial score (nSPS) is 10.8. The maximum Gasteiger partial charge on any atom is 0.191 e. The number of anilines is 1. The number of hydrogen-bond acceptors (Lipinski definition) is 4. The van der Waals surface area contributed by atoms with Crippen molar-refractivity contribution in [3.8, 4) is 22.1 Å². The van der Waals surface area contributed by atoms with Gasteiger partial charge in [0, 0.05) is 18.3 Å². The first-order valence-electron chi connectivity index (χ1n) is 5.96. The first kappa shape index (κ1) is 11.9. The number of nitrogen functional groups attached to an aromatic ring is 1. The van der Waals surface area contributed by atoms with Gasteiger partial charge in [-0.3, -0.25) is 0 Å². The van der Waals surface area contributed by atoms with Crippen LogP contribution in [0.5, 0.6) is 0 Å². The van der Waals surface area contributed by atoms with Crippen molar-refractivity contribution in [3.63, 3.8) is 0 Å². The van der Waals surface area contributed by atoms with E-state index < -0.39 is 0 Å². The van der Waals surface area contributed by atoms with Gasteiger partial charge in [-0.1, -0.05) is 18.2 Å². The van der Waals surface area contributed by atoms with Crippen LogP contribution in [0.1, 0.15) is 5.56 Å². The second kappa shape index (κ2) is 4.51. The Labute approximate surface area is 115 Å². The van der Waals surface area contributed by atoms with Crippen molar-refractivity contribution in [2.24, 2.45) is 7.05 Å². The highest BCUT2D eigenvalue weighted by Gasteiger charge is 2.12. The van der Waals surface area contributed by atoms with E-state index in [1.807, 2.05) is 49.7 Å². The van der Waals surface area contributed by atoms with Gasteiger partial charge in [0.1, 0.15) is 0 Å². The van der Waals surface area contributed by atoms with E-state index in [2.05, 4.69) is 10.1 Å². The summed E-state index contributed by atoms with van der Waals surface area (Å²) in [5.74, 6) is 1.58. The van der Waals surface area contributed by atoms with Crippen LogP contribution in [0, 0.1) is 6.92 Å². The predicted octanol–water partition coefficient (Wildman–Crippen LogP) is 3.10. The number of nitrogens with zero attached hydrogens (tertiary/aromatic N) is 3. The zero-order valence-corrected chi connectivity index (χ0v) is 11.6. The molecule has 0 aliphatic carbocycles. The Morgan fingerprint density at radius 2 is 2.11 bits per heavy atom. The third-order valence-corrected chi connectivity index (χ3v) is 3.91. The van der Waals surface area contributed by atoms with Crippen LogP contribution in [-0.2, 0) is 7.05 Å². The highest BCUT2D eigenvalue weighted by atomic mass is 32.1. The maximum absolute atomic E-state index is 5.95. The van der Waals surface area contributed by atoms with Gasteiger partial charge >= 0.3 is 0 Å². The standard InChI is InChI=1S/C14H14N4S/c1-9-5-6-10(8-11(9)15)14-16-13(17-18(14)2)12-4-3-7-19-12/h3-8H,15H2,1-2H3. The van der Waals surface area contributed by atoms with E-state index in [0.29, 0.717) is 0 Å². The molecule has 2 N–H and O–H groups in total. The topological polar surface area (TPSA) is 56.7 Å². The van der Waals surface area contributed by atoms with Crippen molar-refractivity contribution in [2.75, 3.05) is 5.73 Å². The SMILES string of the molecule is Cc1ccc(-c2nc(-c3cccs3)nn2C)cc1N. The fourth-order valence-corrected chi connectivity index (χ4v) is 2.58. The summed E-state index contributed by atoms with van der Waals surface area (Å²) < 4.78 is 1.79. The van der Waals surface area contributed by atoms with E-state index in [1.165, 1.54) is 0 Å². The molecule has 1 aromatic carbocycles. The van der Waals surface area contributed by atoms with Gasteiger partial charge in [-0.15, -0.1) is 16.4 Å². The Bertz CT molecular complexity index is 713. The monoisotopic (exact) mass is 270 g/mol. The molecule has 2 aromatic heterocycles. The zero-order chi connectivity index (χ0) is 13.4. The van der Waals surface area contributed by atoms with Crippen LogP contribution in [0.3, 0.4) is 0 Å². The van der Waals surface area contributed by atoms with Gasteiger partial charge in [-0.2, -0.15) is 0 Å². The first-order valence-corrected chi connectivity index (χ1v) is 6.84. The van der Waals surface area contributed by atoms with Crippen molar-refractivity contribution in [1.82, 2.24) is 14.8 Å². The van der Waals surface area contributed by atoms with Crippen molar-refractivity contribution >= 4 is 17.0 Å². The summed E-state index contributed by atoms with van der Waals surface area (Å²) in [6.07, 6.45) is 0. The van der Waals surface area contributed by atoms with Crippen LogP contribution in [0.25, 0.3) is 22.1 Å². The number of hydrogen-bond donors (Lipinski definition) is 1. The van der Waals surface area contributed by atoms with Gasteiger partial charge < -0.3 is 5.73 Å². The Hall–Kier alpha value is -2.14. The summed E-state index contributed by atoms with van der Waals surface area (Å²) in [6, 6.07) is 9.99. The molecule has 0 amide bonds. The highest BCUT2D eigenvalue weighted by molar-refractivity contribution is 7.13. The van der Waals surface area contributed by atoms with E-state index in [0.717, 1.165) is 33.3 Å². The average molecular weight is 270 g/mol. The largest absolute Gasteiger partial charge is 0.398 e. The molecule has 0 spiro atoms. The van der Waals surface area contributed by atoms with Crippen LogP contribution in [0.15, 0.2) is 35.7 Å². The van der Waals surface area contributed by atoms with E-state index in [1.54, 1.807) is 16.0 Å². The fourth-order valence-electron chi connectivity index (χ4n) is 1.93. The van der Waals surface area contributed by atoms with Gasteiger partial charge in [0.05, 0.1) is 4.88 Å². The minimum Gasteiger partial charge on any atom is -0.398 e. The number of aromatic nitrogens is 3. The molecule has 0 aliphatic rings. The third-order valence-electron chi connectivity index (χ3n) is 3.04. The molecular formula is C14H14N4S. The predicted molar refractivity (Wildman–Crippen MR) is 78.9 cm³/mol. The molecule has 0 unspecified atom stereocenters. The third kappa shape index (κ3) is 2.13. The number of thiophene rings is 1. The van der Waals surface area contributed by atoms with Gasteiger partial charge in [0.15, 0.2) is 11.6 Å². The summed E-state index contributed by atoms with van der Waals surface area (Å²) in [6.45, 7) is 1.99. The average Bonchev–Trinajstić information content (AvgIpc) is 3.01. The Morgan fingerprint density at radius 3 is 2.79 bits per heavy atom. The number of aryl methyl sites for hydroxylation is 2. The molecule has 0 aliphatic heterocycles. The maximum atomic E-state index is 5.95. The van der Waals surface area contributed by atoms with E-state index in [4.69, 9.17) is 5.73 Å². The quantitative estimate of drug-likeness (QED) is 0.728. The lowest BCUT2D eigenvalue weighted by Crippen LogP contribution is -1.96. The summed E-state index contributed by atoms with van der Waals surface area (Å²) >= 11 is 1.64. The summed E-state index contributed by atoms with van der Waals surface area (Å²) in [7, 11) is 1.90. The minimum atomic E-state index is 0.756. The molecule has 0 saturated carbocycles. The van der Waals surface area contributed by atoms with Crippen molar-refractivity contribution in [2.45, 2.75) is 6.92 Å². The van der Waals surface area contributed by atoms with Gasteiger partial charge in [-0.05, 0) is 30.0 Å². The molecule has 0 saturated heterocycles. The number of benzene rings is 1. The molecule has 4 nitrogen and oxygen atoms in total. The fraction of sp³-hybridized carbons (Fsp3) is 0.143. The number of nitrogens with two attached hydrogens (primary N) is 1. The Morgan fingerprint density at radius 1 is 1.26 bits per heavy atom. The highest BCUT2D eigenvalue weighted by Crippen LogP contribution is 2.26. The molecule has 2 heterocycles. The smallest absolute Gasteiger partial charge is 0.191 e. The summed E-state index contributed by atoms with van der Waals surface area (Å²) in [4.78, 5) is 5.67. The van der Waals surface area contributed by atoms with Crippen LogP contribution >= 0.6 is 11.3 Å². The summed E-state index contributed by atoms with van der Waals surface area (Å²) in [5.41, 5.74) is 8.79. The van der Waals surface area contributed by atoms with Crippen molar-refractivity contribution in [1.29, 1.82) is 0 Å². The molecule has 96 valence electrons. The molecule has 5 heteroatoms. The molecular weight excluding hydrogens is 256 g/mol. The molecule has 0 atom stereocenters. The van der Waals surface area contributed by atoms with Crippen LogP contribution in [-0.4, -0.2) is 14.8 Å². The molecule has 19 heavy (non-hydrogen) atoms. The zero-order valence-electron chi connectivity index (χ0n) is 10.8. The lowest BCUT2D eigenvalue weighted by atomic mass is 10.1. The Balaban J connectivity index is 2.08. The van der Waals surface area contributed by atoms with Crippen LogP contribution < -0.4 is 5.73 Å². The Kier molecular flexibility index (Phi) is 2.83. The molecule has 3 rings (SSSR count). The molecule has 0 bridgehead atoms. The van der Waals surface area contributed by atoms with Gasteiger partial charge in [0.2, 0.25) is 0 Å². The van der Waals surface area contributed by atoms with E-state index in [-0.39, 0.29) is 0 Å². The number of rotatable bonds is 2. The first-order chi connectivity index (χ1) is 9.15.